The molecule has 28 heavy (non-hydrogen) atoms. The van der Waals surface area contributed by atoms with Crippen molar-refractivity contribution in [3.05, 3.63) is 71.7 Å². The summed E-state index contributed by atoms with van der Waals surface area (Å²) in [5.41, 5.74) is 4.68. The quantitative estimate of drug-likeness (QED) is 0.710. The van der Waals surface area contributed by atoms with E-state index in [0.29, 0.717) is 32.9 Å². The van der Waals surface area contributed by atoms with E-state index < -0.39 is 0 Å². The summed E-state index contributed by atoms with van der Waals surface area (Å²) < 4.78 is 26.8. The van der Waals surface area contributed by atoms with E-state index in [1.165, 1.54) is 12.1 Å². The predicted molar refractivity (Wildman–Crippen MR) is 106 cm³/mol. The van der Waals surface area contributed by atoms with Crippen molar-refractivity contribution in [2.24, 2.45) is 0 Å². The van der Waals surface area contributed by atoms with Crippen LogP contribution in [0.25, 0.3) is 16.9 Å². The second-order valence-corrected chi connectivity index (χ2v) is 7.00. The van der Waals surface area contributed by atoms with Gasteiger partial charge in [0.15, 0.2) is 0 Å². The predicted octanol–water partition coefficient (Wildman–Crippen LogP) is 3.49. The molecule has 2 aromatic carbocycles. The molecule has 6 heteroatoms. The highest BCUT2D eigenvalue weighted by Crippen LogP contribution is 2.24. The summed E-state index contributed by atoms with van der Waals surface area (Å²) in [6.07, 6.45) is 2.05. The Morgan fingerprint density at radius 3 is 2.86 bits per heavy atom. The van der Waals surface area contributed by atoms with Crippen molar-refractivity contribution >= 4 is 0 Å². The van der Waals surface area contributed by atoms with Gasteiger partial charge in [0.25, 0.3) is 0 Å². The van der Waals surface area contributed by atoms with Crippen molar-refractivity contribution in [2.45, 2.75) is 19.6 Å². The van der Waals surface area contributed by atoms with Gasteiger partial charge in [0.05, 0.1) is 37.3 Å². The van der Waals surface area contributed by atoms with Crippen LogP contribution >= 0.6 is 0 Å². The Bertz CT molecular complexity index is 935. The van der Waals surface area contributed by atoms with Crippen molar-refractivity contribution < 1.29 is 13.9 Å². The van der Waals surface area contributed by atoms with Crippen LogP contribution in [0.5, 0.6) is 0 Å². The number of rotatable bonds is 6. The highest BCUT2D eigenvalue weighted by molar-refractivity contribution is 5.63. The average molecular weight is 381 g/mol. The van der Waals surface area contributed by atoms with E-state index in [1.54, 1.807) is 6.07 Å². The van der Waals surface area contributed by atoms with Crippen molar-refractivity contribution in [1.82, 2.24) is 15.1 Å². The number of aromatic nitrogens is 2. The Balaban J connectivity index is 1.59. The molecule has 1 atom stereocenters. The van der Waals surface area contributed by atoms with Crippen LogP contribution in [0.1, 0.15) is 11.1 Å². The first kappa shape index (κ1) is 18.8. The maximum Gasteiger partial charge on any atom is 0.123 e. The van der Waals surface area contributed by atoms with Gasteiger partial charge in [-0.05, 0) is 36.8 Å². The first-order chi connectivity index (χ1) is 13.7. The molecular weight excluding hydrogens is 357 g/mol. The summed E-state index contributed by atoms with van der Waals surface area (Å²) in [6, 6.07) is 14.7. The molecule has 1 N–H and O–H groups in total. The number of nitrogens with zero attached hydrogens (tertiary/aromatic N) is 2. The third kappa shape index (κ3) is 4.47. The third-order valence-electron chi connectivity index (χ3n) is 4.73. The number of halogens is 1. The third-order valence-corrected chi connectivity index (χ3v) is 4.73. The second-order valence-electron chi connectivity index (χ2n) is 7.00. The molecule has 1 aliphatic rings. The van der Waals surface area contributed by atoms with Crippen LogP contribution in [0.15, 0.2) is 54.7 Å². The largest absolute Gasteiger partial charge is 0.376 e. The lowest BCUT2D eigenvalue weighted by Gasteiger charge is -2.23. The first-order valence-electron chi connectivity index (χ1n) is 9.50. The second kappa shape index (κ2) is 8.65. The zero-order valence-electron chi connectivity index (χ0n) is 15.9. The van der Waals surface area contributed by atoms with Crippen LogP contribution in [0.2, 0.25) is 0 Å². The molecule has 0 amide bonds. The molecule has 1 unspecified atom stereocenters. The Morgan fingerprint density at radius 2 is 2.07 bits per heavy atom. The SMILES string of the molecule is Cc1cccc(-n2cc(CNCC3COCCO3)c(-c3cccc(F)c3)n2)c1. The Hall–Kier alpha value is -2.54. The van der Waals surface area contributed by atoms with Gasteiger partial charge in [-0.3, -0.25) is 0 Å². The van der Waals surface area contributed by atoms with E-state index in [-0.39, 0.29) is 11.9 Å². The van der Waals surface area contributed by atoms with Crippen LogP contribution in [0.4, 0.5) is 4.39 Å². The number of ether oxygens (including phenoxy) is 2. The van der Waals surface area contributed by atoms with Gasteiger partial charge in [0.1, 0.15) is 5.82 Å². The molecule has 0 aliphatic carbocycles. The minimum absolute atomic E-state index is 0.0539. The normalized spacial score (nSPS) is 17.0. The van der Waals surface area contributed by atoms with Gasteiger partial charge in [-0.1, -0.05) is 24.3 Å². The molecule has 5 nitrogen and oxygen atoms in total. The van der Waals surface area contributed by atoms with Gasteiger partial charge in [-0.2, -0.15) is 5.10 Å². The molecule has 1 aromatic heterocycles. The number of nitrogens with one attached hydrogen (secondary N) is 1. The molecule has 2 heterocycles. The lowest BCUT2D eigenvalue weighted by Crippen LogP contribution is -2.37. The van der Waals surface area contributed by atoms with Crippen molar-refractivity contribution in [1.29, 1.82) is 0 Å². The summed E-state index contributed by atoms with van der Waals surface area (Å²) in [4.78, 5) is 0. The summed E-state index contributed by atoms with van der Waals surface area (Å²) in [7, 11) is 0. The maximum atomic E-state index is 13.8. The van der Waals surface area contributed by atoms with Gasteiger partial charge in [-0.15, -0.1) is 0 Å². The highest BCUT2D eigenvalue weighted by Gasteiger charge is 2.16. The number of aryl methyl sites for hydroxylation is 1. The van der Waals surface area contributed by atoms with E-state index in [1.807, 2.05) is 29.1 Å². The monoisotopic (exact) mass is 381 g/mol. The van der Waals surface area contributed by atoms with Crippen LogP contribution in [0.3, 0.4) is 0 Å². The minimum atomic E-state index is -0.269. The molecule has 0 bridgehead atoms. The summed E-state index contributed by atoms with van der Waals surface area (Å²) in [5.74, 6) is -0.269. The zero-order chi connectivity index (χ0) is 19.3. The van der Waals surface area contributed by atoms with Crippen LogP contribution in [-0.4, -0.2) is 42.2 Å². The van der Waals surface area contributed by atoms with Gasteiger partial charge in [0, 0.05) is 30.4 Å². The molecule has 146 valence electrons. The van der Waals surface area contributed by atoms with Crippen molar-refractivity contribution in [3.63, 3.8) is 0 Å². The summed E-state index contributed by atoms with van der Waals surface area (Å²) >= 11 is 0. The van der Waals surface area contributed by atoms with Crippen LogP contribution in [0, 0.1) is 12.7 Å². The number of hydrogen-bond donors (Lipinski definition) is 1. The fourth-order valence-corrected chi connectivity index (χ4v) is 3.34. The van der Waals surface area contributed by atoms with Gasteiger partial charge in [-0.25, -0.2) is 9.07 Å². The van der Waals surface area contributed by atoms with Gasteiger partial charge in [0.2, 0.25) is 0 Å². The van der Waals surface area contributed by atoms with Gasteiger partial charge >= 0.3 is 0 Å². The van der Waals surface area contributed by atoms with E-state index in [4.69, 9.17) is 14.6 Å². The molecule has 0 spiro atoms. The Kier molecular flexibility index (Phi) is 5.81. The molecule has 1 aliphatic heterocycles. The lowest BCUT2D eigenvalue weighted by atomic mass is 10.1. The molecule has 0 saturated carbocycles. The van der Waals surface area contributed by atoms with Gasteiger partial charge < -0.3 is 14.8 Å². The highest BCUT2D eigenvalue weighted by atomic mass is 19.1. The van der Waals surface area contributed by atoms with Crippen molar-refractivity contribution in [2.75, 3.05) is 26.4 Å². The molecule has 4 rings (SSSR count). The zero-order valence-corrected chi connectivity index (χ0v) is 15.9. The smallest absolute Gasteiger partial charge is 0.123 e. The molecule has 0 radical (unpaired) electrons. The fraction of sp³-hybridized carbons (Fsp3) is 0.318. The van der Waals surface area contributed by atoms with E-state index in [2.05, 4.69) is 24.4 Å². The van der Waals surface area contributed by atoms with Crippen LogP contribution < -0.4 is 5.32 Å². The topological polar surface area (TPSA) is 48.3 Å². The summed E-state index contributed by atoms with van der Waals surface area (Å²) in [5, 5.41) is 8.17. The minimum Gasteiger partial charge on any atom is -0.376 e. The average Bonchev–Trinajstić information content (AvgIpc) is 3.13. The van der Waals surface area contributed by atoms with E-state index in [9.17, 15) is 4.39 Å². The molecular formula is C22H24FN3O2. The van der Waals surface area contributed by atoms with E-state index >= 15 is 0 Å². The van der Waals surface area contributed by atoms with Crippen LogP contribution in [-0.2, 0) is 16.0 Å². The summed E-state index contributed by atoms with van der Waals surface area (Å²) in [6.45, 7) is 5.24. The number of benzene rings is 2. The molecule has 1 fully saturated rings. The fourth-order valence-electron chi connectivity index (χ4n) is 3.34. The molecule has 3 aromatic rings. The maximum absolute atomic E-state index is 13.8. The Labute approximate surface area is 164 Å². The molecule has 1 saturated heterocycles. The number of hydrogen-bond acceptors (Lipinski definition) is 4. The van der Waals surface area contributed by atoms with Crippen molar-refractivity contribution in [3.8, 4) is 16.9 Å². The van der Waals surface area contributed by atoms with E-state index in [0.717, 1.165) is 28.1 Å². The Morgan fingerprint density at radius 1 is 1.18 bits per heavy atom. The standard InChI is InChI=1S/C22H24FN3O2/c1-16-4-2-7-20(10-16)26-14-18(12-24-13-21-15-27-8-9-28-21)22(25-26)17-5-3-6-19(23)11-17/h2-7,10-11,14,21,24H,8-9,12-13,15H2,1H3. The first-order valence-corrected chi connectivity index (χ1v) is 9.50. The lowest BCUT2D eigenvalue weighted by molar-refractivity contribution is -0.0864.